The monoisotopic (exact) mass is 200 g/mol. The lowest BCUT2D eigenvalue weighted by atomic mass is 10.1. The van der Waals surface area contributed by atoms with Crippen molar-refractivity contribution in [3.63, 3.8) is 0 Å². The van der Waals surface area contributed by atoms with Crippen molar-refractivity contribution in [2.24, 2.45) is 0 Å². The van der Waals surface area contributed by atoms with E-state index in [4.69, 9.17) is 9.47 Å². The summed E-state index contributed by atoms with van der Waals surface area (Å²) in [7, 11) is 0. The van der Waals surface area contributed by atoms with Crippen LogP contribution in [-0.2, 0) is 9.47 Å². The third kappa shape index (κ3) is 3.58. The summed E-state index contributed by atoms with van der Waals surface area (Å²) in [5.41, 5.74) is 0. The topological polar surface area (TPSA) is 18.5 Å². The van der Waals surface area contributed by atoms with Crippen LogP contribution in [0.4, 0.5) is 0 Å². The Kier molecular flexibility index (Phi) is 4.90. The van der Waals surface area contributed by atoms with Crippen LogP contribution in [-0.4, -0.2) is 18.5 Å². The first kappa shape index (κ1) is 12.0. The predicted octanol–water partition coefficient (Wildman–Crippen LogP) is 3.50. The SMILES string of the molecule is CCCCCCC1COC(C)(CC)O1. The van der Waals surface area contributed by atoms with E-state index in [0.29, 0.717) is 6.10 Å². The molecule has 2 nitrogen and oxygen atoms in total. The number of rotatable bonds is 6. The molecule has 0 saturated carbocycles. The zero-order valence-corrected chi connectivity index (χ0v) is 9.84. The highest BCUT2D eigenvalue weighted by molar-refractivity contribution is 4.73. The Morgan fingerprint density at radius 1 is 1.21 bits per heavy atom. The maximum atomic E-state index is 5.86. The van der Waals surface area contributed by atoms with E-state index < -0.39 is 0 Å². The van der Waals surface area contributed by atoms with Crippen molar-refractivity contribution in [3.05, 3.63) is 0 Å². The lowest BCUT2D eigenvalue weighted by Gasteiger charge is -2.21. The summed E-state index contributed by atoms with van der Waals surface area (Å²) < 4.78 is 11.5. The molecule has 0 aliphatic carbocycles. The molecule has 0 aromatic carbocycles. The summed E-state index contributed by atoms with van der Waals surface area (Å²) in [5.74, 6) is -0.296. The zero-order chi connectivity index (χ0) is 10.4. The Morgan fingerprint density at radius 3 is 2.57 bits per heavy atom. The zero-order valence-electron chi connectivity index (χ0n) is 9.84. The Hall–Kier alpha value is -0.0800. The standard InChI is InChI=1S/C12H24O2/c1-4-6-7-8-9-11-10-13-12(3,5-2)14-11/h11H,4-10H2,1-3H3. The van der Waals surface area contributed by atoms with Crippen LogP contribution in [0.2, 0.25) is 0 Å². The van der Waals surface area contributed by atoms with Gasteiger partial charge in [0, 0.05) is 0 Å². The lowest BCUT2D eigenvalue weighted by Crippen LogP contribution is -2.25. The Bertz CT molecular complexity index is 158. The van der Waals surface area contributed by atoms with E-state index in [1.165, 1.54) is 25.7 Å². The molecular formula is C12H24O2. The highest BCUT2D eigenvalue weighted by Crippen LogP contribution is 2.28. The molecule has 84 valence electrons. The van der Waals surface area contributed by atoms with E-state index in [9.17, 15) is 0 Å². The highest BCUT2D eigenvalue weighted by atomic mass is 16.7. The Balaban J connectivity index is 2.10. The molecule has 1 rings (SSSR count). The number of unbranched alkanes of at least 4 members (excludes halogenated alkanes) is 3. The van der Waals surface area contributed by atoms with Crippen LogP contribution in [0, 0.1) is 0 Å². The largest absolute Gasteiger partial charge is 0.348 e. The fourth-order valence-electron chi connectivity index (χ4n) is 1.82. The van der Waals surface area contributed by atoms with Crippen molar-refractivity contribution in [2.45, 2.75) is 71.2 Å². The second-order valence-electron chi connectivity index (χ2n) is 4.39. The fourth-order valence-corrected chi connectivity index (χ4v) is 1.82. The Morgan fingerprint density at radius 2 is 2.00 bits per heavy atom. The second kappa shape index (κ2) is 5.72. The summed E-state index contributed by atoms with van der Waals surface area (Å²) in [4.78, 5) is 0. The van der Waals surface area contributed by atoms with Gasteiger partial charge in [0.1, 0.15) is 0 Å². The van der Waals surface area contributed by atoms with E-state index in [0.717, 1.165) is 19.4 Å². The number of hydrogen-bond acceptors (Lipinski definition) is 2. The summed E-state index contributed by atoms with van der Waals surface area (Å²) in [6.45, 7) is 7.18. The van der Waals surface area contributed by atoms with Crippen LogP contribution in [0.25, 0.3) is 0 Å². The van der Waals surface area contributed by atoms with Gasteiger partial charge in [0.2, 0.25) is 0 Å². The molecule has 0 radical (unpaired) electrons. The van der Waals surface area contributed by atoms with E-state index in [1.54, 1.807) is 0 Å². The van der Waals surface area contributed by atoms with Gasteiger partial charge in [-0.15, -0.1) is 0 Å². The summed E-state index contributed by atoms with van der Waals surface area (Å²) in [6.07, 6.45) is 7.71. The summed E-state index contributed by atoms with van der Waals surface area (Å²) in [6, 6.07) is 0. The van der Waals surface area contributed by atoms with E-state index in [-0.39, 0.29) is 5.79 Å². The molecule has 0 N–H and O–H groups in total. The van der Waals surface area contributed by atoms with Crippen LogP contribution < -0.4 is 0 Å². The van der Waals surface area contributed by atoms with Crippen LogP contribution >= 0.6 is 0 Å². The molecule has 1 saturated heterocycles. The third-order valence-electron chi connectivity index (χ3n) is 3.01. The van der Waals surface area contributed by atoms with Gasteiger partial charge in [-0.25, -0.2) is 0 Å². The van der Waals surface area contributed by atoms with Crippen LogP contribution in [0.5, 0.6) is 0 Å². The van der Waals surface area contributed by atoms with Crippen LogP contribution in [0.3, 0.4) is 0 Å². The van der Waals surface area contributed by atoms with Crippen LogP contribution in [0.15, 0.2) is 0 Å². The molecule has 2 atom stereocenters. The van der Waals surface area contributed by atoms with Gasteiger partial charge < -0.3 is 9.47 Å². The van der Waals surface area contributed by atoms with Crippen molar-refractivity contribution in [1.29, 1.82) is 0 Å². The molecule has 0 bridgehead atoms. The summed E-state index contributed by atoms with van der Waals surface area (Å²) in [5, 5.41) is 0. The smallest absolute Gasteiger partial charge is 0.165 e. The van der Waals surface area contributed by atoms with Crippen LogP contribution in [0.1, 0.15) is 59.3 Å². The minimum absolute atomic E-state index is 0.296. The first-order valence-corrected chi connectivity index (χ1v) is 6.02. The van der Waals surface area contributed by atoms with Crippen molar-refractivity contribution in [1.82, 2.24) is 0 Å². The maximum Gasteiger partial charge on any atom is 0.165 e. The van der Waals surface area contributed by atoms with Gasteiger partial charge in [0.25, 0.3) is 0 Å². The quantitative estimate of drug-likeness (QED) is 0.611. The van der Waals surface area contributed by atoms with E-state index >= 15 is 0 Å². The molecule has 0 aromatic heterocycles. The van der Waals surface area contributed by atoms with Crippen molar-refractivity contribution in [2.75, 3.05) is 6.61 Å². The van der Waals surface area contributed by atoms with Gasteiger partial charge in [-0.2, -0.15) is 0 Å². The molecule has 0 spiro atoms. The molecule has 1 heterocycles. The average molecular weight is 200 g/mol. The lowest BCUT2D eigenvalue weighted by molar-refractivity contribution is -0.155. The highest BCUT2D eigenvalue weighted by Gasteiger charge is 2.34. The molecule has 0 amide bonds. The molecular weight excluding hydrogens is 176 g/mol. The second-order valence-corrected chi connectivity index (χ2v) is 4.39. The minimum atomic E-state index is -0.296. The molecule has 14 heavy (non-hydrogen) atoms. The maximum absolute atomic E-state index is 5.86. The normalized spacial score (nSPS) is 32.4. The summed E-state index contributed by atoms with van der Waals surface area (Å²) >= 11 is 0. The molecule has 0 aromatic rings. The van der Waals surface area contributed by atoms with Gasteiger partial charge in [0.15, 0.2) is 5.79 Å². The molecule has 1 fully saturated rings. The fraction of sp³-hybridized carbons (Fsp3) is 1.00. The van der Waals surface area contributed by atoms with Gasteiger partial charge in [-0.1, -0.05) is 39.5 Å². The van der Waals surface area contributed by atoms with Gasteiger partial charge in [0.05, 0.1) is 12.7 Å². The first-order chi connectivity index (χ1) is 6.70. The van der Waals surface area contributed by atoms with Crippen molar-refractivity contribution in [3.8, 4) is 0 Å². The van der Waals surface area contributed by atoms with Gasteiger partial charge >= 0.3 is 0 Å². The van der Waals surface area contributed by atoms with Gasteiger partial charge in [-0.05, 0) is 19.8 Å². The van der Waals surface area contributed by atoms with E-state index in [2.05, 4.69) is 13.8 Å². The molecule has 2 unspecified atom stereocenters. The molecule has 1 aliphatic rings. The van der Waals surface area contributed by atoms with Crippen molar-refractivity contribution >= 4 is 0 Å². The predicted molar refractivity (Wildman–Crippen MR) is 58.3 cm³/mol. The Labute approximate surface area is 88.0 Å². The van der Waals surface area contributed by atoms with Gasteiger partial charge in [-0.3, -0.25) is 0 Å². The van der Waals surface area contributed by atoms with E-state index in [1.807, 2.05) is 6.92 Å². The first-order valence-electron chi connectivity index (χ1n) is 6.02. The number of ether oxygens (including phenoxy) is 2. The van der Waals surface area contributed by atoms with Crippen molar-refractivity contribution < 1.29 is 9.47 Å². The number of hydrogen-bond donors (Lipinski definition) is 0. The average Bonchev–Trinajstić information content (AvgIpc) is 2.56. The molecule has 1 aliphatic heterocycles. The molecule has 2 heteroatoms. The third-order valence-corrected chi connectivity index (χ3v) is 3.01. The minimum Gasteiger partial charge on any atom is -0.348 e.